The van der Waals surface area contributed by atoms with Crippen LogP contribution in [0, 0.1) is 5.92 Å². The Morgan fingerprint density at radius 1 is 1.10 bits per heavy atom. The van der Waals surface area contributed by atoms with E-state index >= 15 is 0 Å². The number of rotatable bonds is 7. The van der Waals surface area contributed by atoms with Gasteiger partial charge in [-0.05, 0) is 48.2 Å². The van der Waals surface area contributed by atoms with Crippen LogP contribution in [0.25, 0.3) is 0 Å². The first kappa shape index (κ1) is 20.6. The molecule has 0 spiro atoms. The van der Waals surface area contributed by atoms with Gasteiger partial charge in [0.25, 0.3) is 0 Å². The number of benzene rings is 2. The lowest BCUT2D eigenvalue weighted by Crippen LogP contribution is -2.42. The molecular formula is C24H27ClN4O. The van der Waals surface area contributed by atoms with Crippen molar-refractivity contribution in [3.8, 4) is 0 Å². The van der Waals surface area contributed by atoms with Gasteiger partial charge in [0.1, 0.15) is 0 Å². The second kappa shape index (κ2) is 9.92. The highest BCUT2D eigenvalue weighted by Gasteiger charge is 2.25. The molecule has 1 fully saturated rings. The number of aromatic nitrogens is 2. The molecule has 0 radical (unpaired) electrons. The van der Waals surface area contributed by atoms with Crippen LogP contribution in [0.5, 0.6) is 0 Å². The number of nitrogens with zero attached hydrogens (tertiary/aromatic N) is 3. The third-order valence-electron chi connectivity index (χ3n) is 5.59. The summed E-state index contributed by atoms with van der Waals surface area (Å²) in [6.07, 6.45) is 7.54. The molecule has 1 aliphatic heterocycles. The fourth-order valence-electron chi connectivity index (χ4n) is 3.99. The summed E-state index contributed by atoms with van der Waals surface area (Å²) >= 11 is 6.10. The molecule has 1 aromatic heterocycles. The average Bonchev–Trinajstić information content (AvgIpc) is 3.26. The third-order valence-corrected chi connectivity index (χ3v) is 5.82. The summed E-state index contributed by atoms with van der Waals surface area (Å²) in [5.74, 6) is 0.187. The van der Waals surface area contributed by atoms with Crippen molar-refractivity contribution in [3.63, 3.8) is 0 Å². The van der Waals surface area contributed by atoms with Gasteiger partial charge in [0, 0.05) is 43.6 Å². The van der Waals surface area contributed by atoms with Gasteiger partial charge < -0.3 is 9.88 Å². The number of hydrogen-bond acceptors (Lipinski definition) is 3. The maximum atomic E-state index is 12.7. The van der Waals surface area contributed by atoms with Gasteiger partial charge in [0.15, 0.2) is 0 Å². The molecule has 1 amide bonds. The van der Waals surface area contributed by atoms with Crippen LogP contribution in [0.2, 0.25) is 5.02 Å². The number of carbonyl (C=O) groups excluding carboxylic acids is 1. The van der Waals surface area contributed by atoms with E-state index in [0.29, 0.717) is 6.54 Å². The highest BCUT2D eigenvalue weighted by atomic mass is 35.5. The van der Waals surface area contributed by atoms with Crippen LogP contribution >= 0.6 is 11.6 Å². The molecule has 0 aliphatic carbocycles. The number of piperidine rings is 1. The minimum atomic E-state index is 0.0402. The Kier molecular flexibility index (Phi) is 6.82. The Balaban J connectivity index is 1.26. The van der Waals surface area contributed by atoms with Crippen LogP contribution in [0.3, 0.4) is 0 Å². The van der Waals surface area contributed by atoms with Gasteiger partial charge in [-0.1, -0.05) is 48.0 Å². The van der Waals surface area contributed by atoms with Crippen molar-refractivity contribution in [1.29, 1.82) is 0 Å². The first-order chi connectivity index (χ1) is 14.7. The average molecular weight is 423 g/mol. The predicted octanol–water partition coefficient (Wildman–Crippen LogP) is 4.11. The normalized spacial score (nSPS) is 17.0. The van der Waals surface area contributed by atoms with E-state index in [1.807, 2.05) is 35.3 Å². The molecule has 156 valence electrons. The molecule has 0 bridgehead atoms. The lowest BCUT2D eigenvalue weighted by atomic mass is 9.96. The van der Waals surface area contributed by atoms with E-state index in [9.17, 15) is 4.79 Å². The Morgan fingerprint density at radius 2 is 1.93 bits per heavy atom. The van der Waals surface area contributed by atoms with Crippen LogP contribution in [0.1, 0.15) is 29.5 Å². The van der Waals surface area contributed by atoms with E-state index in [-0.39, 0.29) is 11.8 Å². The molecule has 2 heterocycles. The van der Waals surface area contributed by atoms with Crippen molar-refractivity contribution in [2.75, 3.05) is 13.1 Å². The van der Waals surface area contributed by atoms with Gasteiger partial charge in [-0.3, -0.25) is 9.69 Å². The third kappa shape index (κ3) is 5.71. The lowest BCUT2D eigenvalue weighted by Gasteiger charge is -2.32. The van der Waals surface area contributed by atoms with E-state index in [1.165, 1.54) is 11.1 Å². The largest absolute Gasteiger partial charge is 0.352 e. The number of imidazole rings is 1. The number of halogens is 1. The zero-order valence-corrected chi connectivity index (χ0v) is 17.8. The maximum Gasteiger partial charge on any atom is 0.224 e. The van der Waals surface area contributed by atoms with Crippen molar-refractivity contribution < 1.29 is 4.79 Å². The first-order valence-electron chi connectivity index (χ1n) is 10.4. The minimum Gasteiger partial charge on any atom is -0.352 e. The number of hydrogen-bond donors (Lipinski definition) is 1. The monoisotopic (exact) mass is 422 g/mol. The van der Waals surface area contributed by atoms with Crippen molar-refractivity contribution >= 4 is 17.5 Å². The summed E-state index contributed by atoms with van der Waals surface area (Å²) in [6, 6.07) is 16.3. The Hall–Kier alpha value is -2.63. The molecule has 30 heavy (non-hydrogen) atoms. The van der Waals surface area contributed by atoms with E-state index in [1.54, 1.807) is 6.20 Å². The van der Waals surface area contributed by atoms with Gasteiger partial charge >= 0.3 is 0 Å². The molecule has 6 heteroatoms. The predicted molar refractivity (Wildman–Crippen MR) is 119 cm³/mol. The van der Waals surface area contributed by atoms with Crippen LogP contribution < -0.4 is 5.32 Å². The number of carbonyl (C=O) groups is 1. The smallest absolute Gasteiger partial charge is 0.224 e. The van der Waals surface area contributed by atoms with Crippen LogP contribution in [0.4, 0.5) is 0 Å². The SMILES string of the molecule is O=C(NCc1ccc(Cn2ccnc2)cc1)C1CCCN(Cc2cccc(Cl)c2)C1. The van der Waals surface area contributed by atoms with Crippen molar-refractivity contribution in [2.24, 2.45) is 5.92 Å². The summed E-state index contributed by atoms with van der Waals surface area (Å²) in [7, 11) is 0. The summed E-state index contributed by atoms with van der Waals surface area (Å²) < 4.78 is 2.04. The van der Waals surface area contributed by atoms with E-state index < -0.39 is 0 Å². The second-order valence-corrected chi connectivity index (χ2v) is 8.41. The number of nitrogens with one attached hydrogen (secondary N) is 1. The molecule has 3 aromatic rings. The van der Waals surface area contributed by atoms with Gasteiger partial charge in [-0.2, -0.15) is 0 Å². The van der Waals surface area contributed by atoms with E-state index in [4.69, 9.17) is 11.6 Å². The Morgan fingerprint density at radius 3 is 2.70 bits per heavy atom. The Labute approximate surface area is 182 Å². The zero-order chi connectivity index (χ0) is 20.8. The number of likely N-dealkylation sites (tertiary alicyclic amines) is 1. The standard InChI is InChI=1S/C24H27ClN4O/c25-23-5-1-3-21(13-23)16-28-11-2-4-22(17-28)24(30)27-14-19-6-8-20(9-7-19)15-29-12-10-26-18-29/h1,3,5-10,12-13,18,22H,2,4,11,14-17H2,(H,27,30). The van der Waals surface area contributed by atoms with Crippen molar-refractivity contribution in [1.82, 2.24) is 19.8 Å². The molecule has 4 rings (SSSR count). The summed E-state index contributed by atoms with van der Waals surface area (Å²) in [4.78, 5) is 19.2. The van der Waals surface area contributed by atoms with Gasteiger partial charge in [0.2, 0.25) is 5.91 Å². The fraction of sp³-hybridized carbons (Fsp3) is 0.333. The Bertz CT molecular complexity index is 956. The summed E-state index contributed by atoms with van der Waals surface area (Å²) in [5.41, 5.74) is 3.52. The maximum absolute atomic E-state index is 12.7. The van der Waals surface area contributed by atoms with Crippen molar-refractivity contribution in [3.05, 3.63) is 89.0 Å². The molecule has 1 unspecified atom stereocenters. The summed E-state index contributed by atoms with van der Waals surface area (Å²) in [5, 5.41) is 3.88. The van der Waals surface area contributed by atoms with Crippen LogP contribution in [-0.2, 0) is 24.4 Å². The molecule has 1 aliphatic rings. The van der Waals surface area contributed by atoms with Crippen LogP contribution in [-0.4, -0.2) is 33.4 Å². The first-order valence-corrected chi connectivity index (χ1v) is 10.8. The molecule has 1 saturated heterocycles. The topological polar surface area (TPSA) is 50.2 Å². The van der Waals surface area contributed by atoms with E-state index in [2.05, 4.69) is 45.5 Å². The molecule has 5 nitrogen and oxygen atoms in total. The fourth-order valence-corrected chi connectivity index (χ4v) is 4.21. The quantitative estimate of drug-likeness (QED) is 0.623. The molecule has 1 atom stereocenters. The van der Waals surface area contributed by atoms with E-state index in [0.717, 1.165) is 49.6 Å². The second-order valence-electron chi connectivity index (χ2n) is 7.97. The summed E-state index contributed by atoms with van der Waals surface area (Å²) in [6.45, 7) is 4.02. The molecule has 0 saturated carbocycles. The molecule has 2 aromatic carbocycles. The van der Waals surface area contributed by atoms with Crippen molar-refractivity contribution in [2.45, 2.75) is 32.5 Å². The molecule has 1 N–H and O–H groups in total. The van der Waals surface area contributed by atoms with Crippen LogP contribution in [0.15, 0.2) is 67.3 Å². The minimum absolute atomic E-state index is 0.0402. The lowest BCUT2D eigenvalue weighted by molar-refractivity contribution is -0.126. The number of amides is 1. The van der Waals surface area contributed by atoms with Gasteiger partial charge in [0.05, 0.1) is 12.2 Å². The highest BCUT2D eigenvalue weighted by molar-refractivity contribution is 6.30. The highest BCUT2D eigenvalue weighted by Crippen LogP contribution is 2.20. The molecular weight excluding hydrogens is 396 g/mol. The van der Waals surface area contributed by atoms with Gasteiger partial charge in [-0.15, -0.1) is 0 Å². The van der Waals surface area contributed by atoms with Gasteiger partial charge in [-0.25, -0.2) is 4.98 Å². The zero-order valence-electron chi connectivity index (χ0n) is 17.0.